The lowest BCUT2D eigenvalue weighted by atomic mass is 10.0. The van der Waals surface area contributed by atoms with Crippen molar-refractivity contribution in [3.05, 3.63) is 69.7 Å². The summed E-state index contributed by atoms with van der Waals surface area (Å²) in [5, 5.41) is 16.2. The van der Waals surface area contributed by atoms with Gasteiger partial charge in [-0.15, -0.1) is 0 Å². The Labute approximate surface area is 194 Å². The van der Waals surface area contributed by atoms with Crippen LogP contribution in [0.1, 0.15) is 31.4 Å². The predicted molar refractivity (Wildman–Crippen MR) is 126 cm³/mol. The number of aliphatic hydroxyl groups is 1. The number of hydrogen-bond acceptors (Lipinski definition) is 5. The standard InChI is InChI=1S/C24H30Cl2N2O3/c1-17(2)15-30-16-22(29)13-28(12-18-4-3-5-21(26)10-18)14-23-11-24(27-31-23)19-6-8-20(25)9-7-19/h3-10,17,22-23,29H,11-16H2,1-2H3/t22-,23+/m0/s1. The van der Waals surface area contributed by atoms with Crippen molar-refractivity contribution >= 4 is 28.9 Å². The number of aliphatic hydroxyl groups excluding tert-OH is 1. The number of oxime groups is 1. The van der Waals surface area contributed by atoms with Gasteiger partial charge in [-0.1, -0.05) is 66.5 Å². The van der Waals surface area contributed by atoms with Crippen molar-refractivity contribution in [2.45, 2.75) is 39.0 Å². The molecule has 31 heavy (non-hydrogen) atoms. The maximum atomic E-state index is 10.5. The van der Waals surface area contributed by atoms with Crippen molar-refractivity contribution in [2.24, 2.45) is 11.1 Å². The molecule has 1 aliphatic heterocycles. The van der Waals surface area contributed by atoms with Crippen LogP contribution in [0.5, 0.6) is 0 Å². The van der Waals surface area contributed by atoms with Gasteiger partial charge in [-0.3, -0.25) is 4.90 Å². The summed E-state index contributed by atoms with van der Waals surface area (Å²) in [5.41, 5.74) is 3.00. The van der Waals surface area contributed by atoms with Crippen molar-refractivity contribution in [3.8, 4) is 0 Å². The molecule has 0 amide bonds. The van der Waals surface area contributed by atoms with E-state index >= 15 is 0 Å². The Balaban J connectivity index is 1.60. The second-order valence-electron chi connectivity index (χ2n) is 8.39. The number of rotatable bonds is 11. The Hall–Kier alpha value is -1.63. The molecule has 2 aromatic carbocycles. The first-order valence-electron chi connectivity index (χ1n) is 10.6. The molecule has 0 bridgehead atoms. The predicted octanol–water partition coefficient (Wildman–Crippen LogP) is 5.02. The minimum atomic E-state index is -0.587. The average Bonchev–Trinajstić information content (AvgIpc) is 3.16. The van der Waals surface area contributed by atoms with Crippen molar-refractivity contribution in [2.75, 3.05) is 26.3 Å². The van der Waals surface area contributed by atoms with Crippen molar-refractivity contribution in [1.29, 1.82) is 0 Å². The maximum absolute atomic E-state index is 10.5. The third-order valence-corrected chi connectivity index (χ3v) is 5.38. The first-order chi connectivity index (χ1) is 14.9. The molecule has 0 radical (unpaired) electrons. The highest BCUT2D eigenvalue weighted by Crippen LogP contribution is 2.21. The molecule has 1 N–H and O–H groups in total. The number of ether oxygens (including phenoxy) is 1. The van der Waals surface area contributed by atoms with Gasteiger partial charge < -0.3 is 14.7 Å². The normalized spacial score (nSPS) is 17.1. The van der Waals surface area contributed by atoms with Gasteiger partial charge in [-0.25, -0.2) is 0 Å². The molecule has 0 saturated carbocycles. The van der Waals surface area contributed by atoms with Crippen molar-refractivity contribution in [3.63, 3.8) is 0 Å². The monoisotopic (exact) mass is 464 g/mol. The van der Waals surface area contributed by atoms with Crippen LogP contribution in [0.15, 0.2) is 53.7 Å². The van der Waals surface area contributed by atoms with E-state index in [2.05, 4.69) is 23.9 Å². The summed E-state index contributed by atoms with van der Waals surface area (Å²) >= 11 is 12.1. The summed E-state index contributed by atoms with van der Waals surface area (Å²) in [4.78, 5) is 7.88. The van der Waals surface area contributed by atoms with Crippen LogP contribution in [0.2, 0.25) is 10.0 Å². The lowest BCUT2D eigenvalue weighted by molar-refractivity contribution is -0.00734. The topological polar surface area (TPSA) is 54.3 Å². The third kappa shape index (κ3) is 8.09. The molecule has 1 heterocycles. The molecular formula is C24H30Cl2N2O3. The molecule has 0 fully saturated rings. The van der Waals surface area contributed by atoms with E-state index in [-0.39, 0.29) is 6.10 Å². The Bertz CT molecular complexity index is 858. The van der Waals surface area contributed by atoms with E-state index in [0.717, 1.165) is 16.8 Å². The van der Waals surface area contributed by atoms with Crippen LogP contribution >= 0.6 is 23.2 Å². The Morgan fingerprint density at radius 3 is 2.61 bits per heavy atom. The molecule has 0 aliphatic carbocycles. The average molecular weight is 465 g/mol. The zero-order valence-electron chi connectivity index (χ0n) is 18.0. The minimum Gasteiger partial charge on any atom is -0.390 e. The van der Waals surface area contributed by atoms with E-state index in [1.54, 1.807) is 0 Å². The first kappa shape index (κ1) is 24.0. The van der Waals surface area contributed by atoms with Crippen LogP contribution in [-0.4, -0.2) is 54.2 Å². The lowest BCUT2D eigenvalue weighted by Gasteiger charge is -2.27. The van der Waals surface area contributed by atoms with Gasteiger partial charge in [0.25, 0.3) is 0 Å². The van der Waals surface area contributed by atoms with Gasteiger partial charge in [0.15, 0.2) is 0 Å². The van der Waals surface area contributed by atoms with Gasteiger partial charge in [0.05, 0.1) is 18.4 Å². The molecule has 0 aromatic heterocycles. The van der Waals surface area contributed by atoms with Gasteiger partial charge in [0, 0.05) is 42.7 Å². The van der Waals surface area contributed by atoms with Crippen LogP contribution in [-0.2, 0) is 16.1 Å². The Morgan fingerprint density at radius 1 is 1.13 bits per heavy atom. The number of nitrogens with zero attached hydrogens (tertiary/aromatic N) is 2. The molecule has 0 spiro atoms. The lowest BCUT2D eigenvalue weighted by Crippen LogP contribution is -2.39. The fourth-order valence-corrected chi connectivity index (χ4v) is 3.85. The third-order valence-electron chi connectivity index (χ3n) is 4.90. The highest BCUT2D eigenvalue weighted by atomic mass is 35.5. The molecule has 2 atom stereocenters. The molecule has 0 saturated heterocycles. The van der Waals surface area contributed by atoms with E-state index in [0.29, 0.717) is 55.2 Å². The second-order valence-corrected chi connectivity index (χ2v) is 9.26. The number of benzene rings is 2. The van der Waals surface area contributed by atoms with Gasteiger partial charge in [0.1, 0.15) is 6.10 Å². The summed E-state index contributed by atoms with van der Waals surface area (Å²) in [5.74, 6) is 0.435. The Kier molecular flexibility index (Phi) is 9.17. The number of halogens is 2. The zero-order chi connectivity index (χ0) is 22.2. The SMILES string of the molecule is CC(C)COC[C@@H](O)CN(Cc1cccc(Cl)c1)C[C@H]1CC(c2ccc(Cl)cc2)=NO1. The summed E-state index contributed by atoms with van der Waals surface area (Å²) in [6, 6.07) is 15.4. The molecule has 3 rings (SSSR count). The highest BCUT2D eigenvalue weighted by Gasteiger charge is 2.26. The molecule has 1 aliphatic rings. The van der Waals surface area contributed by atoms with E-state index in [4.69, 9.17) is 32.8 Å². The van der Waals surface area contributed by atoms with Crippen LogP contribution < -0.4 is 0 Å². The molecule has 168 valence electrons. The van der Waals surface area contributed by atoms with Gasteiger partial charge >= 0.3 is 0 Å². The van der Waals surface area contributed by atoms with Crippen LogP contribution in [0.4, 0.5) is 0 Å². The molecule has 0 unspecified atom stereocenters. The Morgan fingerprint density at radius 2 is 1.90 bits per heavy atom. The largest absolute Gasteiger partial charge is 0.390 e. The zero-order valence-corrected chi connectivity index (χ0v) is 19.5. The van der Waals surface area contributed by atoms with Crippen LogP contribution in [0, 0.1) is 5.92 Å². The van der Waals surface area contributed by atoms with Crippen LogP contribution in [0.25, 0.3) is 0 Å². The summed E-state index contributed by atoms with van der Waals surface area (Å²) in [7, 11) is 0. The fraction of sp³-hybridized carbons (Fsp3) is 0.458. The maximum Gasteiger partial charge on any atom is 0.145 e. The molecule has 7 heteroatoms. The van der Waals surface area contributed by atoms with Gasteiger partial charge in [0.2, 0.25) is 0 Å². The second kappa shape index (κ2) is 11.8. The van der Waals surface area contributed by atoms with Crippen molar-refractivity contribution in [1.82, 2.24) is 4.90 Å². The van der Waals surface area contributed by atoms with Gasteiger partial charge in [-0.05, 0) is 41.3 Å². The first-order valence-corrected chi connectivity index (χ1v) is 11.4. The highest BCUT2D eigenvalue weighted by molar-refractivity contribution is 6.31. The molecule has 2 aromatic rings. The molecule has 5 nitrogen and oxygen atoms in total. The summed E-state index contributed by atoms with van der Waals surface area (Å²) in [6.45, 7) is 6.88. The van der Waals surface area contributed by atoms with Crippen molar-refractivity contribution < 1.29 is 14.7 Å². The fourth-order valence-electron chi connectivity index (χ4n) is 3.51. The van der Waals surface area contributed by atoms with E-state index < -0.39 is 6.10 Å². The van der Waals surface area contributed by atoms with E-state index in [9.17, 15) is 5.11 Å². The quantitative estimate of drug-likeness (QED) is 0.506. The number of hydrogen-bond donors (Lipinski definition) is 1. The smallest absolute Gasteiger partial charge is 0.145 e. The minimum absolute atomic E-state index is 0.0892. The summed E-state index contributed by atoms with van der Waals surface area (Å²) in [6.07, 6.45) is 0.0257. The van der Waals surface area contributed by atoms with E-state index in [1.165, 1.54) is 0 Å². The molecular weight excluding hydrogens is 435 g/mol. The summed E-state index contributed by atoms with van der Waals surface area (Å²) < 4.78 is 5.62. The van der Waals surface area contributed by atoms with Gasteiger partial charge in [-0.2, -0.15) is 0 Å². The van der Waals surface area contributed by atoms with E-state index in [1.807, 2.05) is 48.5 Å². The van der Waals surface area contributed by atoms with Crippen LogP contribution in [0.3, 0.4) is 0 Å².